The van der Waals surface area contributed by atoms with Gasteiger partial charge in [0, 0.05) is 15.8 Å². The van der Waals surface area contributed by atoms with Gasteiger partial charge in [-0.15, -0.1) is 0 Å². The van der Waals surface area contributed by atoms with Gasteiger partial charge in [0.1, 0.15) is 0 Å². The second-order valence-corrected chi connectivity index (χ2v) is 3.61. The molecule has 1 heterocycles. The number of nitrogens with one attached hydrogen (secondary N) is 1. The standard InChI is InChI=1S/C8H7BrN2O/c9-5-3-7-4(1-6(5)10)2-8(12)11-7/h1,3H,2,10H2,(H,11,12). The summed E-state index contributed by atoms with van der Waals surface area (Å²) < 4.78 is 0.823. The number of carbonyl (C=O) groups excluding carboxylic acids is 1. The van der Waals surface area contributed by atoms with Gasteiger partial charge >= 0.3 is 0 Å². The van der Waals surface area contributed by atoms with E-state index in [0.29, 0.717) is 12.1 Å². The van der Waals surface area contributed by atoms with Gasteiger partial charge < -0.3 is 11.1 Å². The van der Waals surface area contributed by atoms with Crippen LogP contribution in [0.1, 0.15) is 5.56 Å². The molecule has 0 bridgehead atoms. The number of fused-ring (bicyclic) bond motifs is 1. The van der Waals surface area contributed by atoms with Crippen molar-refractivity contribution in [3.63, 3.8) is 0 Å². The van der Waals surface area contributed by atoms with E-state index in [4.69, 9.17) is 5.73 Å². The number of halogens is 1. The number of carbonyl (C=O) groups is 1. The van der Waals surface area contributed by atoms with E-state index >= 15 is 0 Å². The lowest BCUT2D eigenvalue weighted by Crippen LogP contribution is -2.03. The number of hydrogen-bond donors (Lipinski definition) is 2. The lowest BCUT2D eigenvalue weighted by Gasteiger charge is -2.01. The maximum absolute atomic E-state index is 11.0. The summed E-state index contributed by atoms with van der Waals surface area (Å²) in [4.78, 5) is 11.0. The zero-order valence-electron chi connectivity index (χ0n) is 6.23. The molecule has 2 rings (SSSR count). The van der Waals surface area contributed by atoms with Crippen LogP contribution in [0.4, 0.5) is 11.4 Å². The zero-order valence-corrected chi connectivity index (χ0v) is 7.81. The van der Waals surface area contributed by atoms with Crippen molar-refractivity contribution in [2.75, 3.05) is 11.1 Å². The lowest BCUT2D eigenvalue weighted by atomic mass is 10.1. The highest BCUT2D eigenvalue weighted by molar-refractivity contribution is 9.10. The Morgan fingerprint density at radius 1 is 1.50 bits per heavy atom. The fourth-order valence-electron chi connectivity index (χ4n) is 1.27. The summed E-state index contributed by atoms with van der Waals surface area (Å²) >= 11 is 3.29. The number of rotatable bonds is 0. The highest BCUT2D eigenvalue weighted by Gasteiger charge is 2.18. The SMILES string of the molecule is Nc1cc2c(cc1Br)NC(=O)C2. The molecule has 62 valence electrons. The molecule has 1 aliphatic rings. The van der Waals surface area contributed by atoms with Crippen molar-refractivity contribution in [3.8, 4) is 0 Å². The molecule has 3 N–H and O–H groups in total. The third-order valence-corrected chi connectivity index (χ3v) is 2.53. The lowest BCUT2D eigenvalue weighted by molar-refractivity contribution is -0.115. The average molecular weight is 227 g/mol. The minimum absolute atomic E-state index is 0.0301. The molecule has 12 heavy (non-hydrogen) atoms. The summed E-state index contributed by atoms with van der Waals surface area (Å²) in [5.74, 6) is 0.0301. The Kier molecular flexibility index (Phi) is 1.58. The van der Waals surface area contributed by atoms with Crippen molar-refractivity contribution < 1.29 is 4.79 Å². The van der Waals surface area contributed by atoms with Crippen LogP contribution in [0.15, 0.2) is 16.6 Å². The number of nitrogen functional groups attached to an aromatic ring is 1. The highest BCUT2D eigenvalue weighted by atomic mass is 79.9. The summed E-state index contributed by atoms with van der Waals surface area (Å²) in [6.07, 6.45) is 0.437. The molecule has 0 radical (unpaired) electrons. The zero-order chi connectivity index (χ0) is 8.72. The van der Waals surface area contributed by atoms with Crippen molar-refractivity contribution in [3.05, 3.63) is 22.2 Å². The van der Waals surface area contributed by atoms with Crippen LogP contribution in [0.2, 0.25) is 0 Å². The van der Waals surface area contributed by atoms with Gasteiger partial charge in [0.2, 0.25) is 5.91 Å². The average Bonchev–Trinajstić information content (AvgIpc) is 2.30. The number of hydrogen-bond acceptors (Lipinski definition) is 2. The van der Waals surface area contributed by atoms with E-state index in [1.54, 1.807) is 0 Å². The molecule has 0 aliphatic carbocycles. The van der Waals surface area contributed by atoms with E-state index in [-0.39, 0.29) is 5.91 Å². The van der Waals surface area contributed by atoms with Crippen LogP contribution in [-0.2, 0) is 11.2 Å². The van der Waals surface area contributed by atoms with Crippen LogP contribution >= 0.6 is 15.9 Å². The van der Waals surface area contributed by atoms with E-state index in [0.717, 1.165) is 15.7 Å². The van der Waals surface area contributed by atoms with Crippen molar-refractivity contribution in [2.24, 2.45) is 0 Å². The third-order valence-electron chi connectivity index (χ3n) is 1.85. The number of nitrogens with two attached hydrogens (primary N) is 1. The molecule has 1 aromatic carbocycles. The topological polar surface area (TPSA) is 55.1 Å². The van der Waals surface area contributed by atoms with Crippen LogP contribution < -0.4 is 11.1 Å². The Bertz CT molecular complexity index is 329. The molecule has 0 unspecified atom stereocenters. The van der Waals surface area contributed by atoms with Crippen LogP contribution in [0.25, 0.3) is 0 Å². The van der Waals surface area contributed by atoms with E-state index < -0.39 is 0 Å². The summed E-state index contributed by atoms with van der Waals surface area (Å²) in [5, 5.41) is 2.74. The molecular formula is C8H7BrN2O. The fraction of sp³-hybridized carbons (Fsp3) is 0.125. The van der Waals surface area contributed by atoms with E-state index in [1.165, 1.54) is 0 Å². The number of benzene rings is 1. The molecule has 0 atom stereocenters. The summed E-state index contributed by atoms with van der Waals surface area (Å²) in [7, 11) is 0. The Balaban J connectivity index is 2.55. The van der Waals surface area contributed by atoms with Gasteiger partial charge in [0.15, 0.2) is 0 Å². The van der Waals surface area contributed by atoms with Gasteiger partial charge in [0.25, 0.3) is 0 Å². The molecule has 3 nitrogen and oxygen atoms in total. The molecule has 1 amide bonds. The van der Waals surface area contributed by atoms with Crippen LogP contribution in [-0.4, -0.2) is 5.91 Å². The predicted molar refractivity (Wildman–Crippen MR) is 50.9 cm³/mol. The summed E-state index contributed by atoms with van der Waals surface area (Å²) in [6.45, 7) is 0. The maximum atomic E-state index is 11.0. The molecule has 1 aromatic rings. The van der Waals surface area contributed by atoms with E-state index in [2.05, 4.69) is 21.2 Å². The Morgan fingerprint density at radius 3 is 3.00 bits per heavy atom. The quantitative estimate of drug-likeness (QED) is 0.660. The largest absolute Gasteiger partial charge is 0.398 e. The van der Waals surface area contributed by atoms with Crippen molar-refractivity contribution in [2.45, 2.75) is 6.42 Å². The molecule has 0 saturated carbocycles. The highest BCUT2D eigenvalue weighted by Crippen LogP contribution is 2.31. The normalized spacial score (nSPS) is 14.2. The van der Waals surface area contributed by atoms with E-state index in [1.807, 2.05) is 12.1 Å². The first kappa shape index (κ1) is 7.61. The smallest absolute Gasteiger partial charge is 0.228 e. The van der Waals surface area contributed by atoms with Gasteiger partial charge in [-0.25, -0.2) is 0 Å². The maximum Gasteiger partial charge on any atom is 0.228 e. The molecule has 0 aromatic heterocycles. The fourth-order valence-corrected chi connectivity index (χ4v) is 1.61. The Morgan fingerprint density at radius 2 is 2.25 bits per heavy atom. The molecule has 0 fully saturated rings. The molecule has 0 spiro atoms. The second kappa shape index (κ2) is 2.48. The summed E-state index contributed by atoms with van der Waals surface area (Å²) in [5.41, 5.74) is 8.16. The monoisotopic (exact) mass is 226 g/mol. The van der Waals surface area contributed by atoms with Gasteiger partial charge in [-0.05, 0) is 33.6 Å². The first-order chi connectivity index (χ1) is 5.66. The predicted octanol–water partition coefficient (Wildman–Crippen LogP) is 1.53. The first-order valence-electron chi connectivity index (χ1n) is 3.54. The third kappa shape index (κ3) is 1.08. The van der Waals surface area contributed by atoms with Crippen molar-refractivity contribution in [1.82, 2.24) is 0 Å². The molecule has 1 aliphatic heterocycles. The van der Waals surface area contributed by atoms with Gasteiger partial charge in [0.05, 0.1) is 6.42 Å². The van der Waals surface area contributed by atoms with Crippen LogP contribution in [0.3, 0.4) is 0 Å². The molecule has 0 saturated heterocycles. The van der Waals surface area contributed by atoms with Crippen LogP contribution in [0.5, 0.6) is 0 Å². The summed E-state index contributed by atoms with van der Waals surface area (Å²) in [6, 6.07) is 3.65. The van der Waals surface area contributed by atoms with Gasteiger partial charge in [-0.3, -0.25) is 4.79 Å². The minimum Gasteiger partial charge on any atom is -0.398 e. The minimum atomic E-state index is 0.0301. The number of anilines is 2. The van der Waals surface area contributed by atoms with Gasteiger partial charge in [-0.2, -0.15) is 0 Å². The first-order valence-corrected chi connectivity index (χ1v) is 4.34. The molecule has 4 heteroatoms. The number of amides is 1. The van der Waals surface area contributed by atoms with Crippen molar-refractivity contribution >= 4 is 33.2 Å². The Hall–Kier alpha value is -1.03. The second-order valence-electron chi connectivity index (χ2n) is 2.76. The van der Waals surface area contributed by atoms with E-state index in [9.17, 15) is 4.79 Å². The van der Waals surface area contributed by atoms with Gasteiger partial charge in [-0.1, -0.05) is 0 Å². The Labute approximate surface area is 78.1 Å². The molecular weight excluding hydrogens is 220 g/mol. The van der Waals surface area contributed by atoms with Crippen LogP contribution in [0, 0.1) is 0 Å². The van der Waals surface area contributed by atoms with Crippen molar-refractivity contribution in [1.29, 1.82) is 0 Å².